The molecule has 0 atom stereocenters. The van der Waals surface area contributed by atoms with E-state index in [2.05, 4.69) is 10.0 Å². The SMILES string of the molecule is CS(=O)(=O)Nc1ccc(Cl)c(C(=O)Nc2ccccc2Sc2ccccc2)c1. The normalized spacial score (nSPS) is 11.1. The van der Waals surface area contributed by atoms with Gasteiger partial charge < -0.3 is 5.32 Å². The van der Waals surface area contributed by atoms with Gasteiger partial charge in [-0.1, -0.05) is 53.7 Å². The van der Waals surface area contributed by atoms with E-state index < -0.39 is 15.9 Å². The fourth-order valence-corrected chi connectivity index (χ4v) is 4.12. The molecule has 0 spiro atoms. The second-order valence-electron chi connectivity index (χ2n) is 5.93. The second kappa shape index (κ2) is 8.68. The minimum absolute atomic E-state index is 0.176. The Labute approximate surface area is 173 Å². The monoisotopic (exact) mass is 432 g/mol. The largest absolute Gasteiger partial charge is 0.321 e. The molecular weight excluding hydrogens is 416 g/mol. The molecule has 28 heavy (non-hydrogen) atoms. The van der Waals surface area contributed by atoms with Crippen molar-refractivity contribution in [1.82, 2.24) is 0 Å². The van der Waals surface area contributed by atoms with Crippen LogP contribution in [-0.4, -0.2) is 20.6 Å². The first-order valence-electron chi connectivity index (χ1n) is 8.22. The summed E-state index contributed by atoms with van der Waals surface area (Å²) in [4.78, 5) is 14.7. The molecule has 0 saturated heterocycles. The molecule has 0 aromatic heterocycles. The molecule has 0 bridgehead atoms. The molecule has 0 unspecified atom stereocenters. The maximum atomic E-state index is 12.8. The molecular formula is C20H17ClN2O3S2. The summed E-state index contributed by atoms with van der Waals surface area (Å²) in [5, 5.41) is 3.08. The Morgan fingerprint density at radius 2 is 1.64 bits per heavy atom. The van der Waals surface area contributed by atoms with E-state index in [1.54, 1.807) is 6.07 Å². The summed E-state index contributed by atoms with van der Waals surface area (Å²) in [7, 11) is -3.46. The third-order valence-electron chi connectivity index (χ3n) is 3.62. The quantitative estimate of drug-likeness (QED) is 0.567. The highest BCUT2D eigenvalue weighted by Crippen LogP contribution is 2.33. The maximum absolute atomic E-state index is 12.8. The van der Waals surface area contributed by atoms with Crippen molar-refractivity contribution in [1.29, 1.82) is 0 Å². The van der Waals surface area contributed by atoms with Gasteiger partial charge in [0.15, 0.2) is 0 Å². The Bertz CT molecular complexity index is 1100. The fraction of sp³-hybridized carbons (Fsp3) is 0.0500. The van der Waals surface area contributed by atoms with Crippen LogP contribution in [0.2, 0.25) is 5.02 Å². The van der Waals surface area contributed by atoms with Crippen molar-refractivity contribution in [3.8, 4) is 0 Å². The number of carbonyl (C=O) groups excluding carboxylic acids is 1. The zero-order valence-corrected chi connectivity index (χ0v) is 17.2. The standard InChI is InChI=1S/C20H17ClN2O3S2/c1-28(25,26)23-14-11-12-17(21)16(13-14)20(24)22-18-9-5-6-10-19(18)27-15-7-3-2-4-8-15/h2-13,23H,1H3,(H,22,24). The van der Waals surface area contributed by atoms with Gasteiger partial charge in [-0.05, 0) is 42.5 Å². The molecule has 144 valence electrons. The first-order chi connectivity index (χ1) is 13.3. The Morgan fingerprint density at radius 1 is 0.964 bits per heavy atom. The lowest BCUT2D eigenvalue weighted by Crippen LogP contribution is -2.15. The van der Waals surface area contributed by atoms with Crippen LogP contribution in [0.1, 0.15) is 10.4 Å². The molecule has 0 aliphatic rings. The molecule has 0 aliphatic carbocycles. The zero-order chi connectivity index (χ0) is 20.1. The van der Waals surface area contributed by atoms with Gasteiger partial charge in [-0.3, -0.25) is 9.52 Å². The molecule has 1 amide bonds. The highest BCUT2D eigenvalue weighted by atomic mass is 35.5. The molecule has 2 N–H and O–H groups in total. The Balaban J connectivity index is 1.85. The van der Waals surface area contributed by atoms with Gasteiger partial charge in [0.1, 0.15) is 0 Å². The smallest absolute Gasteiger partial charge is 0.257 e. The van der Waals surface area contributed by atoms with Crippen LogP contribution in [0.5, 0.6) is 0 Å². The molecule has 0 fully saturated rings. The van der Waals surface area contributed by atoms with Gasteiger partial charge in [0, 0.05) is 15.5 Å². The molecule has 0 heterocycles. The summed E-state index contributed by atoms with van der Waals surface area (Å²) < 4.78 is 25.2. The Kier molecular flexibility index (Phi) is 6.28. The van der Waals surface area contributed by atoms with Crippen LogP contribution in [-0.2, 0) is 10.0 Å². The topological polar surface area (TPSA) is 75.3 Å². The van der Waals surface area contributed by atoms with Crippen molar-refractivity contribution in [2.45, 2.75) is 9.79 Å². The molecule has 8 heteroatoms. The Hall–Kier alpha value is -2.48. The number of amides is 1. The van der Waals surface area contributed by atoms with Gasteiger partial charge in [-0.15, -0.1) is 0 Å². The number of nitrogens with one attached hydrogen (secondary N) is 2. The number of carbonyl (C=O) groups is 1. The van der Waals surface area contributed by atoms with Crippen molar-refractivity contribution in [3.05, 3.63) is 83.4 Å². The van der Waals surface area contributed by atoms with E-state index >= 15 is 0 Å². The number of halogens is 1. The van der Waals surface area contributed by atoms with Gasteiger partial charge >= 0.3 is 0 Å². The fourth-order valence-electron chi connectivity index (χ4n) is 2.44. The lowest BCUT2D eigenvalue weighted by Gasteiger charge is -2.12. The van der Waals surface area contributed by atoms with Crippen LogP contribution in [0, 0.1) is 0 Å². The van der Waals surface area contributed by atoms with Crippen LogP contribution in [0.15, 0.2) is 82.6 Å². The van der Waals surface area contributed by atoms with E-state index in [1.165, 1.54) is 30.0 Å². The Morgan fingerprint density at radius 3 is 2.36 bits per heavy atom. The molecule has 3 aromatic rings. The summed E-state index contributed by atoms with van der Waals surface area (Å²) in [6, 6.07) is 21.6. The summed E-state index contributed by atoms with van der Waals surface area (Å²) in [6.45, 7) is 0. The molecule has 0 saturated carbocycles. The second-order valence-corrected chi connectivity index (χ2v) is 9.21. The third-order valence-corrected chi connectivity index (χ3v) is 5.64. The molecule has 5 nitrogen and oxygen atoms in total. The molecule has 3 aromatic carbocycles. The van der Waals surface area contributed by atoms with E-state index in [0.29, 0.717) is 5.69 Å². The van der Waals surface area contributed by atoms with E-state index in [1.807, 2.05) is 48.5 Å². The number of sulfonamides is 1. The summed E-state index contributed by atoms with van der Waals surface area (Å²) in [5.74, 6) is -0.428. The van der Waals surface area contributed by atoms with Crippen molar-refractivity contribution in [3.63, 3.8) is 0 Å². The third kappa shape index (κ3) is 5.51. The molecule has 0 radical (unpaired) electrons. The van der Waals surface area contributed by atoms with Crippen LogP contribution in [0.25, 0.3) is 0 Å². The number of hydrogen-bond acceptors (Lipinski definition) is 4. The molecule has 3 rings (SSSR count). The van der Waals surface area contributed by atoms with Crippen molar-refractivity contribution >= 4 is 50.7 Å². The first-order valence-corrected chi connectivity index (χ1v) is 11.3. The minimum Gasteiger partial charge on any atom is -0.321 e. The number of hydrogen-bond donors (Lipinski definition) is 2. The van der Waals surface area contributed by atoms with E-state index in [-0.39, 0.29) is 16.3 Å². The predicted molar refractivity (Wildman–Crippen MR) is 115 cm³/mol. The van der Waals surface area contributed by atoms with Gasteiger partial charge in [0.2, 0.25) is 10.0 Å². The van der Waals surface area contributed by atoms with Crippen LogP contribution >= 0.6 is 23.4 Å². The van der Waals surface area contributed by atoms with Crippen LogP contribution in [0.4, 0.5) is 11.4 Å². The highest BCUT2D eigenvalue weighted by molar-refractivity contribution is 7.99. The van der Waals surface area contributed by atoms with Gasteiger partial charge in [-0.25, -0.2) is 8.42 Å². The summed E-state index contributed by atoms with van der Waals surface area (Å²) >= 11 is 7.68. The number of para-hydroxylation sites is 1. The zero-order valence-electron chi connectivity index (χ0n) is 14.8. The molecule has 0 aliphatic heterocycles. The van der Waals surface area contributed by atoms with Crippen molar-refractivity contribution < 1.29 is 13.2 Å². The minimum atomic E-state index is -3.46. The number of anilines is 2. The average molecular weight is 433 g/mol. The lowest BCUT2D eigenvalue weighted by atomic mass is 10.2. The van der Waals surface area contributed by atoms with Crippen molar-refractivity contribution in [2.75, 3.05) is 16.3 Å². The van der Waals surface area contributed by atoms with Gasteiger partial charge in [-0.2, -0.15) is 0 Å². The van der Waals surface area contributed by atoms with Gasteiger partial charge in [0.25, 0.3) is 5.91 Å². The summed E-state index contributed by atoms with van der Waals surface area (Å²) in [5.41, 5.74) is 1.08. The summed E-state index contributed by atoms with van der Waals surface area (Å²) in [6.07, 6.45) is 1.04. The maximum Gasteiger partial charge on any atom is 0.257 e. The first kappa shape index (κ1) is 20.3. The van der Waals surface area contributed by atoms with Crippen LogP contribution < -0.4 is 10.0 Å². The highest BCUT2D eigenvalue weighted by Gasteiger charge is 2.15. The predicted octanol–water partition coefficient (Wildman–Crippen LogP) is 5.12. The lowest BCUT2D eigenvalue weighted by molar-refractivity contribution is 0.102. The van der Waals surface area contributed by atoms with Crippen molar-refractivity contribution in [2.24, 2.45) is 0 Å². The van der Waals surface area contributed by atoms with E-state index in [4.69, 9.17) is 11.6 Å². The van der Waals surface area contributed by atoms with Crippen LogP contribution in [0.3, 0.4) is 0 Å². The number of benzene rings is 3. The number of rotatable bonds is 6. The van der Waals surface area contributed by atoms with E-state index in [9.17, 15) is 13.2 Å². The average Bonchev–Trinajstić information content (AvgIpc) is 2.64. The van der Waals surface area contributed by atoms with E-state index in [0.717, 1.165) is 16.0 Å². The van der Waals surface area contributed by atoms with Gasteiger partial charge in [0.05, 0.1) is 22.5 Å².